The number of ether oxygens (including phenoxy) is 1. The summed E-state index contributed by atoms with van der Waals surface area (Å²) < 4.78 is 5.29. The number of hydrogen-bond acceptors (Lipinski definition) is 3. The van der Waals surface area contributed by atoms with Gasteiger partial charge in [-0.1, -0.05) is 25.1 Å². The number of aromatic nitrogens is 1. The number of methoxy groups -OCH3 is 1. The molecule has 1 heterocycles. The maximum absolute atomic E-state index is 5.29. The average Bonchev–Trinajstić information content (AvgIpc) is 2.49. The van der Waals surface area contributed by atoms with Crippen molar-refractivity contribution >= 4 is 0 Å². The van der Waals surface area contributed by atoms with Crippen LogP contribution in [-0.2, 0) is 0 Å². The Balaban J connectivity index is 2.28. The second kappa shape index (κ2) is 6.34. The van der Waals surface area contributed by atoms with Crippen LogP contribution in [0.2, 0.25) is 0 Å². The first kappa shape index (κ1) is 13.6. The van der Waals surface area contributed by atoms with Crippen LogP contribution < -0.4 is 10.1 Å². The molecule has 0 fully saturated rings. The zero-order valence-corrected chi connectivity index (χ0v) is 11.6. The summed E-state index contributed by atoms with van der Waals surface area (Å²) in [5.74, 6) is 1.17. The van der Waals surface area contributed by atoms with Gasteiger partial charge in [0.2, 0.25) is 0 Å². The second-order valence-electron chi connectivity index (χ2n) is 4.59. The number of pyridine rings is 1. The minimum Gasteiger partial charge on any atom is -0.497 e. The van der Waals surface area contributed by atoms with Gasteiger partial charge in [0.25, 0.3) is 0 Å². The van der Waals surface area contributed by atoms with Crippen LogP contribution in [0, 0.1) is 0 Å². The lowest BCUT2D eigenvalue weighted by Gasteiger charge is -2.24. The molecule has 3 heteroatoms. The van der Waals surface area contributed by atoms with Crippen LogP contribution in [0.5, 0.6) is 5.75 Å². The summed E-state index contributed by atoms with van der Waals surface area (Å²) in [7, 11) is 3.67. The van der Waals surface area contributed by atoms with E-state index in [0.717, 1.165) is 11.4 Å². The van der Waals surface area contributed by atoms with Gasteiger partial charge < -0.3 is 10.1 Å². The van der Waals surface area contributed by atoms with Crippen LogP contribution in [0.3, 0.4) is 0 Å². The highest BCUT2D eigenvalue weighted by molar-refractivity contribution is 5.32. The van der Waals surface area contributed by atoms with E-state index in [2.05, 4.69) is 35.4 Å². The minimum atomic E-state index is 0.213. The third kappa shape index (κ3) is 3.12. The normalized spacial score (nSPS) is 13.8. The first-order valence-electron chi connectivity index (χ1n) is 6.48. The average molecular weight is 256 g/mol. The summed E-state index contributed by atoms with van der Waals surface area (Å²) in [6.45, 7) is 2.18. The van der Waals surface area contributed by atoms with E-state index >= 15 is 0 Å². The number of nitrogens with zero attached hydrogens (tertiary/aromatic N) is 1. The molecule has 1 N–H and O–H groups in total. The summed E-state index contributed by atoms with van der Waals surface area (Å²) in [6.07, 6.45) is 1.84. The largest absolute Gasteiger partial charge is 0.497 e. The summed E-state index contributed by atoms with van der Waals surface area (Å²) >= 11 is 0. The van der Waals surface area contributed by atoms with Crippen LogP contribution >= 0.6 is 0 Å². The smallest absolute Gasteiger partial charge is 0.119 e. The molecule has 2 atom stereocenters. The van der Waals surface area contributed by atoms with Gasteiger partial charge in [0.05, 0.1) is 7.11 Å². The molecule has 0 spiro atoms. The zero-order valence-electron chi connectivity index (χ0n) is 11.6. The lowest BCUT2D eigenvalue weighted by atomic mass is 9.91. The summed E-state index contributed by atoms with van der Waals surface area (Å²) in [6, 6.07) is 14.4. The predicted molar refractivity (Wildman–Crippen MR) is 77.4 cm³/mol. The van der Waals surface area contributed by atoms with E-state index in [4.69, 9.17) is 4.74 Å². The standard InChI is InChI=1S/C16H20N2O/c1-12(15-9-4-5-10-18-15)16(17-2)13-7-6-8-14(11-13)19-3/h4-12,16-17H,1-3H3. The minimum absolute atomic E-state index is 0.213. The molecule has 0 amide bonds. The Morgan fingerprint density at radius 2 is 2.00 bits per heavy atom. The maximum atomic E-state index is 5.29. The van der Waals surface area contributed by atoms with Crippen molar-refractivity contribution in [2.24, 2.45) is 0 Å². The molecule has 2 unspecified atom stereocenters. The van der Waals surface area contributed by atoms with Crippen molar-refractivity contribution in [3.05, 3.63) is 59.9 Å². The van der Waals surface area contributed by atoms with Crippen molar-refractivity contribution in [3.63, 3.8) is 0 Å². The number of rotatable bonds is 5. The highest BCUT2D eigenvalue weighted by Crippen LogP contribution is 2.30. The molecule has 0 aliphatic rings. The van der Waals surface area contributed by atoms with Gasteiger partial charge in [-0.15, -0.1) is 0 Å². The van der Waals surface area contributed by atoms with Crippen molar-refractivity contribution in [1.29, 1.82) is 0 Å². The SMILES string of the molecule is CNC(c1cccc(OC)c1)C(C)c1ccccn1. The second-order valence-corrected chi connectivity index (χ2v) is 4.59. The highest BCUT2D eigenvalue weighted by Gasteiger charge is 2.20. The quantitative estimate of drug-likeness (QED) is 0.892. The molecule has 100 valence electrons. The Morgan fingerprint density at radius 1 is 1.16 bits per heavy atom. The maximum Gasteiger partial charge on any atom is 0.119 e. The van der Waals surface area contributed by atoms with Crippen LogP contribution in [0.1, 0.15) is 30.1 Å². The first-order valence-corrected chi connectivity index (χ1v) is 6.48. The summed E-state index contributed by atoms with van der Waals surface area (Å²) in [5, 5.41) is 3.37. The third-order valence-corrected chi connectivity index (χ3v) is 3.42. The van der Waals surface area contributed by atoms with Gasteiger partial charge in [-0.05, 0) is 36.9 Å². The molecule has 0 saturated carbocycles. The van der Waals surface area contributed by atoms with Gasteiger partial charge in [0.15, 0.2) is 0 Å². The van der Waals surface area contributed by atoms with E-state index in [1.807, 2.05) is 37.5 Å². The molecule has 3 nitrogen and oxygen atoms in total. The molecule has 2 rings (SSSR count). The van der Waals surface area contributed by atoms with Gasteiger partial charge in [-0.2, -0.15) is 0 Å². The van der Waals surface area contributed by atoms with E-state index in [9.17, 15) is 0 Å². The Morgan fingerprint density at radius 3 is 2.63 bits per heavy atom. The molecular weight excluding hydrogens is 236 g/mol. The topological polar surface area (TPSA) is 34.1 Å². The first-order chi connectivity index (χ1) is 9.26. The molecule has 0 aliphatic carbocycles. The molecule has 1 aromatic carbocycles. The van der Waals surface area contributed by atoms with E-state index in [-0.39, 0.29) is 6.04 Å². The monoisotopic (exact) mass is 256 g/mol. The van der Waals surface area contributed by atoms with Gasteiger partial charge in [-0.25, -0.2) is 0 Å². The number of hydrogen-bond donors (Lipinski definition) is 1. The Hall–Kier alpha value is -1.87. The van der Waals surface area contributed by atoms with Crippen LogP contribution in [0.25, 0.3) is 0 Å². The molecule has 1 aromatic heterocycles. The molecule has 0 radical (unpaired) electrons. The lowest BCUT2D eigenvalue weighted by molar-refractivity contribution is 0.412. The van der Waals surface area contributed by atoms with Gasteiger partial charge >= 0.3 is 0 Å². The fourth-order valence-electron chi connectivity index (χ4n) is 2.36. The fraction of sp³-hybridized carbons (Fsp3) is 0.312. The van der Waals surface area contributed by atoms with E-state index in [0.29, 0.717) is 5.92 Å². The van der Waals surface area contributed by atoms with Gasteiger partial charge in [0, 0.05) is 23.9 Å². The van der Waals surface area contributed by atoms with Gasteiger partial charge in [0.1, 0.15) is 5.75 Å². The molecule has 0 bridgehead atoms. The van der Waals surface area contributed by atoms with E-state index in [1.54, 1.807) is 7.11 Å². The Bertz CT molecular complexity index is 513. The van der Waals surface area contributed by atoms with Crippen LogP contribution in [0.4, 0.5) is 0 Å². The van der Waals surface area contributed by atoms with Crippen molar-refractivity contribution in [2.45, 2.75) is 18.9 Å². The number of nitrogens with one attached hydrogen (secondary N) is 1. The molecule has 0 aliphatic heterocycles. The molecule has 0 saturated heterocycles. The Kier molecular flexibility index (Phi) is 4.53. The number of likely N-dealkylation sites (N-methyl/N-ethyl adjacent to an activating group) is 1. The number of benzene rings is 1. The lowest BCUT2D eigenvalue weighted by Crippen LogP contribution is -2.22. The van der Waals surface area contributed by atoms with Crippen molar-refractivity contribution in [2.75, 3.05) is 14.2 Å². The summed E-state index contributed by atoms with van der Waals surface area (Å²) in [4.78, 5) is 4.44. The van der Waals surface area contributed by atoms with Crippen molar-refractivity contribution in [1.82, 2.24) is 10.3 Å². The molecule has 2 aromatic rings. The predicted octanol–water partition coefficient (Wildman–Crippen LogP) is 3.15. The van der Waals surface area contributed by atoms with Crippen molar-refractivity contribution in [3.8, 4) is 5.75 Å². The van der Waals surface area contributed by atoms with Gasteiger partial charge in [-0.3, -0.25) is 4.98 Å². The van der Waals surface area contributed by atoms with Crippen molar-refractivity contribution < 1.29 is 4.74 Å². The molecular formula is C16H20N2O. The van der Waals surface area contributed by atoms with E-state index < -0.39 is 0 Å². The van der Waals surface area contributed by atoms with Crippen LogP contribution in [-0.4, -0.2) is 19.1 Å². The van der Waals surface area contributed by atoms with Crippen LogP contribution in [0.15, 0.2) is 48.7 Å². The highest BCUT2D eigenvalue weighted by atomic mass is 16.5. The zero-order chi connectivity index (χ0) is 13.7. The fourth-order valence-corrected chi connectivity index (χ4v) is 2.36. The van der Waals surface area contributed by atoms with E-state index in [1.165, 1.54) is 5.56 Å². The summed E-state index contributed by atoms with van der Waals surface area (Å²) in [5.41, 5.74) is 2.30. The molecule has 19 heavy (non-hydrogen) atoms. The Labute approximate surface area is 114 Å². The third-order valence-electron chi connectivity index (χ3n) is 3.42.